The Labute approximate surface area is 221 Å². The van der Waals surface area contributed by atoms with Crippen molar-refractivity contribution in [3.05, 3.63) is 30.1 Å². The second-order valence-corrected chi connectivity index (χ2v) is 9.73. The number of amides is 1. The Balaban J connectivity index is 1.89. The van der Waals surface area contributed by atoms with Gasteiger partial charge in [-0.2, -0.15) is 0 Å². The summed E-state index contributed by atoms with van der Waals surface area (Å²) in [4.78, 5) is 27.0. The molecule has 37 heavy (non-hydrogen) atoms. The van der Waals surface area contributed by atoms with Gasteiger partial charge in [0.15, 0.2) is 5.84 Å². The first kappa shape index (κ1) is 29.8. The number of unbranched alkanes of at least 4 members (excludes halogenated alkanes) is 1. The van der Waals surface area contributed by atoms with Crippen LogP contribution in [0.1, 0.15) is 59.8 Å². The van der Waals surface area contributed by atoms with E-state index in [1.165, 1.54) is 0 Å². The topological polar surface area (TPSA) is 100 Å². The minimum absolute atomic E-state index is 0.171. The fourth-order valence-electron chi connectivity index (χ4n) is 3.70. The van der Waals surface area contributed by atoms with Crippen LogP contribution in [-0.2, 0) is 4.74 Å². The molecule has 1 aliphatic rings. The van der Waals surface area contributed by atoms with E-state index >= 15 is 0 Å². The highest BCUT2D eigenvalue weighted by molar-refractivity contribution is 6.04. The van der Waals surface area contributed by atoms with E-state index < -0.39 is 5.60 Å². The Bertz CT molecular complexity index is 1000. The number of aliphatic imine (C=N–C) groups is 2. The molecule has 0 spiro atoms. The van der Waals surface area contributed by atoms with Crippen molar-refractivity contribution in [2.45, 2.75) is 71.4 Å². The van der Waals surface area contributed by atoms with E-state index in [0.717, 1.165) is 51.0 Å². The zero-order valence-corrected chi connectivity index (χ0v) is 23.0. The van der Waals surface area contributed by atoms with Gasteiger partial charge in [0.25, 0.3) is 0 Å². The summed E-state index contributed by atoms with van der Waals surface area (Å²) in [5.74, 6) is 7.46. The van der Waals surface area contributed by atoms with Crippen molar-refractivity contribution >= 4 is 24.3 Å². The molecule has 1 saturated heterocycles. The van der Waals surface area contributed by atoms with E-state index in [4.69, 9.17) is 9.47 Å². The summed E-state index contributed by atoms with van der Waals surface area (Å²) >= 11 is 0. The number of aromatic nitrogens is 1. The molecule has 202 valence electrons. The van der Waals surface area contributed by atoms with Crippen LogP contribution >= 0.6 is 0 Å². The number of methoxy groups -OCH3 is 1. The molecule has 1 atom stereocenters. The summed E-state index contributed by atoms with van der Waals surface area (Å²) in [7, 11) is 1.58. The first-order valence-electron chi connectivity index (χ1n) is 12.9. The van der Waals surface area contributed by atoms with Gasteiger partial charge in [0.2, 0.25) is 5.88 Å². The molecule has 1 aromatic rings. The van der Waals surface area contributed by atoms with Gasteiger partial charge in [0, 0.05) is 56.2 Å². The summed E-state index contributed by atoms with van der Waals surface area (Å²) in [6.45, 7) is 14.4. The second-order valence-electron chi connectivity index (χ2n) is 9.73. The molecule has 0 saturated carbocycles. The molecule has 9 heteroatoms. The Morgan fingerprint density at radius 2 is 2.22 bits per heavy atom. The van der Waals surface area contributed by atoms with Crippen molar-refractivity contribution in [2.24, 2.45) is 9.98 Å². The normalized spacial score (nSPS) is 16.1. The first-order valence-corrected chi connectivity index (χ1v) is 12.9. The molecule has 2 N–H and O–H groups in total. The number of nitrogens with one attached hydrogen (secondary N) is 2. The largest absolute Gasteiger partial charge is 0.481 e. The number of nitrogens with zero attached hydrogens (tertiary/aromatic N) is 4. The molecule has 1 aliphatic heterocycles. The van der Waals surface area contributed by atoms with E-state index in [0.29, 0.717) is 30.3 Å². The van der Waals surface area contributed by atoms with Crippen molar-refractivity contribution < 1.29 is 14.3 Å². The maximum absolute atomic E-state index is 12.4. The van der Waals surface area contributed by atoms with Gasteiger partial charge >= 0.3 is 6.09 Å². The molecule has 1 aromatic heterocycles. The number of anilines is 1. The standard InChI is InChI=1S/C28H42N6O3/c1-7-15-32-26(29-5)22(20-33-23-14-17-31-25(19-23)36-6)12-9-8-10-16-30-21-24-13-11-18-34(24)27(35)37-28(2,3)4/h14,17,19-20,24,30H,5,7-8,10-11,13,15-16,18,21H2,1-4,6H3,(H,31,33)/t24-/m0/s1. The van der Waals surface area contributed by atoms with Crippen LogP contribution in [0.5, 0.6) is 5.88 Å². The van der Waals surface area contributed by atoms with E-state index in [2.05, 4.69) is 51.1 Å². The molecule has 1 amide bonds. The highest BCUT2D eigenvalue weighted by atomic mass is 16.6. The summed E-state index contributed by atoms with van der Waals surface area (Å²) in [5, 5.41) is 6.69. The summed E-state index contributed by atoms with van der Waals surface area (Å²) in [5.41, 5.74) is 1.01. The van der Waals surface area contributed by atoms with Gasteiger partial charge < -0.3 is 25.0 Å². The molecule has 0 aromatic carbocycles. The fraction of sp³-hybridized carbons (Fsp3) is 0.571. The van der Waals surface area contributed by atoms with Gasteiger partial charge in [-0.15, -0.1) is 0 Å². The van der Waals surface area contributed by atoms with Crippen LogP contribution in [0.4, 0.5) is 10.5 Å². The highest BCUT2D eigenvalue weighted by Crippen LogP contribution is 2.20. The van der Waals surface area contributed by atoms with Crippen LogP contribution in [0.3, 0.4) is 0 Å². The molecule has 2 rings (SSSR count). The van der Waals surface area contributed by atoms with Crippen LogP contribution in [0.15, 0.2) is 40.1 Å². The summed E-state index contributed by atoms with van der Waals surface area (Å²) in [6, 6.07) is 3.81. The molecule has 0 radical (unpaired) electrons. The SMILES string of the molecule is C=NC(=NCCC)C(C#CCCCNC[C@@H]1CCCN1C(=O)OC(C)(C)C)=CNc1ccnc(OC)c1. The number of pyridine rings is 1. The quantitative estimate of drug-likeness (QED) is 0.194. The highest BCUT2D eigenvalue weighted by Gasteiger charge is 2.31. The van der Waals surface area contributed by atoms with E-state index in [1.54, 1.807) is 25.6 Å². The van der Waals surface area contributed by atoms with Crippen molar-refractivity contribution in [3.63, 3.8) is 0 Å². The number of ether oxygens (including phenoxy) is 2. The maximum Gasteiger partial charge on any atom is 0.410 e. The van der Waals surface area contributed by atoms with Crippen LogP contribution in [0.2, 0.25) is 0 Å². The molecular weight excluding hydrogens is 468 g/mol. The van der Waals surface area contributed by atoms with Gasteiger partial charge in [-0.25, -0.2) is 14.8 Å². The average Bonchev–Trinajstić information content (AvgIpc) is 3.34. The number of amidine groups is 1. The molecule has 9 nitrogen and oxygen atoms in total. The number of carbonyl (C=O) groups is 1. The Kier molecular flexibility index (Phi) is 12.6. The van der Waals surface area contributed by atoms with E-state index in [9.17, 15) is 4.79 Å². The number of carbonyl (C=O) groups excluding carboxylic acids is 1. The van der Waals surface area contributed by atoms with Crippen LogP contribution in [0.25, 0.3) is 0 Å². The fourth-order valence-corrected chi connectivity index (χ4v) is 3.70. The molecule has 2 heterocycles. The van der Waals surface area contributed by atoms with Gasteiger partial charge in [-0.05, 0) is 65.8 Å². The molecule has 0 unspecified atom stereocenters. The van der Waals surface area contributed by atoms with Gasteiger partial charge in [-0.3, -0.25) is 4.99 Å². The van der Waals surface area contributed by atoms with Gasteiger partial charge in [0.1, 0.15) is 5.60 Å². The zero-order chi connectivity index (χ0) is 27.1. The molecular formula is C28H42N6O3. The number of hydrogen-bond acceptors (Lipinski definition) is 7. The smallest absolute Gasteiger partial charge is 0.410 e. The monoisotopic (exact) mass is 510 g/mol. The minimum Gasteiger partial charge on any atom is -0.481 e. The van der Waals surface area contributed by atoms with Crippen LogP contribution in [-0.4, -0.2) is 73.5 Å². The van der Waals surface area contributed by atoms with Crippen molar-refractivity contribution in [1.82, 2.24) is 15.2 Å². The lowest BCUT2D eigenvalue weighted by Crippen LogP contribution is -2.44. The lowest BCUT2D eigenvalue weighted by Gasteiger charge is -2.28. The Morgan fingerprint density at radius 1 is 1.41 bits per heavy atom. The van der Waals surface area contributed by atoms with Crippen molar-refractivity contribution in [3.8, 4) is 17.7 Å². The lowest BCUT2D eigenvalue weighted by atomic mass is 10.2. The van der Waals surface area contributed by atoms with Crippen molar-refractivity contribution in [1.29, 1.82) is 0 Å². The Morgan fingerprint density at radius 3 is 2.92 bits per heavy atom. The van der Waals surface area contributed by atoms with Crippen LogP contribution in [0, 0.1) is 11.8 Å². The van der Waals surface area contributed by atoms with E-state index in [1.807, 2.05) is 31.7 Å². The zero-order valence-electron chi connectivity index (χ0n) is 23.0. The third-order valence-corrected chi connectivity index (χ3v) is 5.47. The van der Waals surface area contributed by atoms with Gasteiger partial charge in [0.05, 0.1) is 12.7 Å². The predicted octanol–water partition coefficient (Wildman–Crippen LogP) is 4.67. The maximum atomic E-state index is 12.4. The summed E-state index contributed by atoms with van der Waals surface area (Å²) in [6.07, 6.45) is 7.74. The third kappa shape index (κ3) is 11.0. The number of rotatable bonds is 11. The van der Waals surface area contributed by atoms with Gasteiger partial charge in [-0.1, -0.05) is 18.8 Å². The lowest BCUT2D eigenvalue weighted by molar-refractivity contribution is 0.0226. The predicted molar refractivity (Wildman–Crippen MR) is 150 cm³/mol. The molecule has 0 aliphatic carbocycles. The number of likely N-dealkylation sites (tertiary alicyclic amines) is 1. The molecule has 0 bridgehead atoms. The Hall–Kier alpha value is -3.38. The second kappa shape index (κ2) is 15.7. The summed E-state index contributed by atoms with van der Waals surface area (Å²) < 4.78 is 10.7. The van der Waals surface area contributed by atoms with E-state index in [-0.39, 0.29) is 12.1 Å². The average molecular weight is 511 g/mol. The first-order chi connectivity index (χ1) is 17.8. The minimum atomic E-state index is -0.480. The molecule has 1 fully saturated rings. The van der Waals surface area contributed by atoms with Crippen LogP contribution < -0.4 is 15.4 Å². The number of hydrogen-bond donors (Lipinski definition) is 2. The van der Waals surface area contributed by atoms with Crippen molar-refractivity contribution in [2.75, 3.05) is 38.6 Å². The third-order valence-electron chi connectivity index (χ3n) is 5.47.